The van der Waals surface area contributed by atoms with E-state index in [1.807, 2.05) is 0 Å². The van der Waals surface area contributed by atoms with Gasteiger partial charge in [-0.1, -0.05) is 6.07 Å². The van der Waals surface area contributed by atoms with E-state index >= 15 is 0 Å². The Hall–Kier alpha value is -1.77. The normalized spacial score (nSPS) is 14.3. The average Bonchev–Trinajstić information content (AvgIpc) is 3.26. The molecule has 2 aromatic rings. The van der Waals surface area contributed by atoms with Gasteiger partial charge in [-0.25, -0.2) is 8.42 Å². The lowest BCUT2D eigenvalue weighted by atomic mass is 10.3. The predicted molar refractivity (Wildman–Crippen MR) is 95.2 cm³/mol. The van der Waals surface area contributed by atoms with Crippen LogP contribution in [0.1, 0.15) is 16.5 Å². The van der Waals surface area contributed by atoms with Gasteiger partial charge in [0, 0.05) is 29.8 Å². The molecule has 2 heterocycles. The van der Waals surface area contributed by atoms with Gasteiger partial charge in [0.05, 0.1) is 4.90 Å². The molecule has 6 nitrogen and oxygen atoms in total. The lowest BCUT2D eigenvalue weighted by Crippen LogP contribution is -2.31. The Balaban J connectivity index is 1.90. The van der Waals surface area contributed by atoms with Gasteiger partial charge in [0.2, 0.25) is 12.7 Å². The van der Waals surface area contributed by atoms with Crippen molar-refractivity contribution < 1.29 is 22.7 Å². The molecule has 1 atom stereocenters. The zero-order valence-electron chi connectivity index (χ0n) is 13.1. The SMILES string of the molecule is O=C(CCCl)NC[C@@H](c1cccs1)S(=O)(=O)c1ccc2c(c1)OCO2. The molecular formula is C16H16ClNO5S2. The molecule has 0 radical (unpaired) electrons. The summed E-state index contributed by atoms with van der Waals surface area (Å²) in [6.45, 7) is 0.0503. The summed E-state index contributed by atoms with van der Waals surface area (Å²) in [5, 5.41) is 3.57. The second-order valence-corrected chi connectivity index (χ2v) is 8.79. The summed E-state index contributed by atoms with van der Waals surface area (Å²) in [6.07, 6.45) is 0.142. The van der Waals surface area contributed by atoms with Crippen molar-refractivity contribution in [2.24, 2.45) is 0 Å². The number of carbonyl (C=O) groups is 1. The maximum atomic E-state index is 13.1. The number of sulfone groups is 1. The Morgan fingerprint density at radius 3 is 2.80 bits per heavy atom. The van der Waals surface area contributed by atoms with Gasteiger partial charge in [0.15, 0.2) is 21.3 Å². The lowest BCUT2D eigenvalue weighted by Gasteiger charge is -2.17. The third kappa shape index (κ3) is 3.91. The Kier molecular flexibility index (Phi) is 5.51. The van der Waals surface area contributed by atoms with Crippen LogP contribution in [0.15, 0.2) is 40.6 Å². The van der Waals surface area contributed by atoms with Crippen molar-refractivity contribution in [3.05, 3.63) is 40.6 Å². The van der Waals surface area contributed by atoms with Crippen LogP contribution < -0.4 is 14.8 Å². The molecule has 0 saturated carbocycles. The number of fused-ring (bicyclic) bond motifs is 1. The van der Waals surface area contributed by atoms with E-state index in [1.165, 1.54) is 23.5 Å². The largest absolute Gasteiger partial charge is 0.454 e. The molecule has 0 fully saturated rings. The van der Waals surface area contributed by atoms with Gasteiger partial charge in [0.1, 0.15) is 5.25 Å². The van der Waals surface area contributed by atoms with Crippen LogP contribution in [0.4, 0.5) is 0 Å². The van der Waals surface area contributed by atoms with Gasteiger partial charge in [-0.05, 0) is 23.6 Å². The van der Waals surface area contributed by atoms with Gasteiger partial charge < -0.3 is 14.8 Å². The highest BCUT2D eigenvalue weighted by molar-refractivity contribution is 7.91. The first-order valence-corrected chi connectivity index (χ1v) is 10.5. The number of ether oxygens (including phenoxy) is 2. The van der Waals surface area contributed by atoms with Crippen molar-refractivity contribution in [3.63, 3.8) is 0 Å². The number of carbonyl (C=O) groups excluding carboxylic acids is 1. The molecule has 1 amide bonds. The topological polar surface area (TPSA) is 81.7 Å². The zero-order valence-corrected chi connectivity index (χ0v) is 15.5. The molecule has 134 valence electrons. The molecule has 3 rings (SSSR count). The van der Waals surface area contributed by atoms with Crippen molar-refractivity contribution >= 4 is 38.7 Å². The molecule has 0 saturated heterocycles. The summed E-state index contributed by atoms with van der Waals surface area (Å²) in [6, 6.07) is 8.05. The molecule has 0 unspecified atom stereocenters. The number of alkyl halides is 1. The van der Waals surface area contributed by atoms with Gasteiger partial charge >= 0.3 is 0 Å². The van der Waals surface area contributed by atoms with Crippen LogP contribution in [-0.4, -0.2) is 33.5 Å². The maximum Gasteiger partial charge on any atom is 0.231 e. The fourth-order valence-corrected chi connectivity index (χ4v) is 5.41. The van der Waals surface area contributed by atoms with Crippen molar-refractivity contribution in [1.29, 1.82) is 0 Å². The number of nitrogens with one attached hydrogen (secondary N) is 1. The van der Waals surface area contributed by atoms with Crippen molar-refractivity contribution in [3.8, 4) is 11.5 Å². The van der Waals surface area contributed by atoms with Crippen LogP contribution >= 0.6 is 22.9 Å². The molecule has 0 aliphatic carbocycles. The van der Waals surface area contributed by atoms with E-state index in [1.54, 1.807) is 23.6 Å². The number of rotatable bonds is 7. The number of halogens is 1. The fraction of sp³-hybridized carbons (Fsp3) is 0.312. The smallest absolute Gasteiger partial charge is 0.231 e. The van der Waals surface area contributed by atoms with Gasteiger partial charge in [-0.2, -0.15) is 0 Å². The molecule has 9 heteroatoms. The van der Waals surface area contributed by atoms with Crippen LogP contribution in [0, 0.1) is 0 Å². The first-order valence-electron chi connectivity index (χ1n) is 7.52. The molecule has 25 heavy (non-hydrogen) atoms. The van der Waals surface area contributed by atoms with E-state index in [2.05, 4.69) is 5.32 Å². The molecule has 1 aromatic heterocycles. The first kappa shape index (κ1) is 18.0. The summed E-state index contributed by atoms with van der Waals surface area (Å²) in [5.41, 5.74) is 0. The Morgan fingerprint density at radius 1 is 1.28 bits per heavy atom. The Labute approximate surface area is 154 Å². The number of benzene rings is 1. The summed E-state index contributed by atoms with van der Waals surface area (Å²) in [7, 11) is -3.73. The van der Waals surface area contributed by atoms with E-state index in [-0.39, 0.29) is 36.4 Å². The molecular weight excluding hydrogens is 386 g/mol. The average molecular weight is 402 g/mol. The second-order valence-electron chi connectivity index (χ2n) is 5.31. The summed E-state index contributed by atoms with van der Waals surface area (Å²) in [5.74, 6) is 0.821. The molecule has 1 aliphatic rings. The third-order valence-electron chi connectivity index (χ3n) is 3.71. The lowest BCUT2D eigenvalue weighted by molar-refractivity contribution is -0.120. The number of amides is 1. The van der Waals surface area contributed by atoms with Crippen molar-refractivity contribution in [1.82, 2.24) is 5.32 Å². The fourth-order valence-electron chi connectivity index (χ4n) is 2.44. The van der Waals surface area contributed by atoms with Crippen LogP contribution in [0.25, 0.3) is 0 Å². The summed E-state index contributed by atoms with van der Waals surface area (Å²) < 4.78 is 36.8. The van der Waals surface area contributed by atoms with Crippen molar-refractivity contribution in [2.75, 3.05) is 19.2 Å². The van der Waals surface area contributed by atoms with E-state index < -0.39 is 15.1 Å². The highest BCUT2D eigenvalue weighted by Gasteiger charge is 2.31. The minimum Gasteiger partial charge on any atom is -0.454 e. The highest BCUT2D eigenvalue weighted by atomic mass is 35.5. The molecule has 0 bridgehead atoms. The minimum atomic E-state index is -3.73. The summed E-state index contributed by atoms with van der Waals surface area (Å²) in [4.78, 5) is 12.5. The number of hydrogen-bond donors (Lipinski definition) is 1. The molecule has 1 aliphatic heterocycles. The minimum absolute atomic E-state index is 0.0208. The van der Waals surface area contributed by atoms with E-state index in [0.29, 0.717) is 16.4 Å². The van der Waals surface area contributed by atoms with Crippen molar-refractivity contribution in [2.45, 2.75) is 16.6 Å². The van der Waals surface area contributed by atoms with Gasteiger partial charge in [-0.15, -0.1) is 22.9 Å². The van der Waals surface area contributed by atoms with E-state index in [9.17, 15) is 13.2 Å². The number of thiophene rings is 1. The monoisotopic (exact) mass is 401 g/mol. The predicted octanol–water partition coefficient (Wildman–Crippen LogP) is 2.74. The second kappa shape index (κ2) is 7.63. The van der Waals surface area contributed by atoms with Crippen LogP contribution in [0.3, 0.4) is 0 Å². The zero-order chi connectivity index (χ0) is 17.9. The third-order valence-corrected chi connectivity index (χ3v) is 7.12. The molecule has 1 aromatic carbocycles. The quantitative estimate of drug-likeness (QED) is 0.721. The Bertz CT molecular complexity index is 851. The maximum absolute atomic E-state index is 13.1. The van der Waals surface area contributed by atoms with E-state index in [4.69, 9.17) is 21.1 Å². The van der Waals surface area contributed by atoms with Crippen LogP contribution in [0.5, 0.6) is 11.5 Å². The van der Waals surface area contributed by atoms with Gasteiger partial charge in [-0.3, -0.25) is 4.79 Å². The number of hydrogen-bond acceptors (Lipinski definition) is 6. The first-order chi connectivity index (χ1) is 12.0. The standard InChI is InChI=1S/C16H16ClNO5S2/c17-6-5-16(19)18-9-15(14-2-1-7-24-14)25(20,21)11-3-4-12-13(8-11)23-10-22-12/h1-4,7-8,15H,5-6,9-10H2,(H,18,19)/t15-/m0/s1. The highest BCUT2D eigenvalue weighted by Crippen LogP contribution is 2.38. The van der Waals surface area contributed by atoms with Crippen LogP contribution in [-0.2, 0) is 14.6 Å². The van der Waals surface area contributed by atoms with Crippen LogP contribution in [0.2, 0.25) is 0 Å². The summed E-state index contributed by atoms with van der Waals surface area (Å²) >= 11 is 6.88. The molecule has 1 N–H and O–H groups in total. The van der Waals surface area contributed by atoms with Gasteiger partial charge in [0.25, 0.3) is 0 Å². The molecule has 0 spiro atoms. The Morgan fingerprint density at radius 2 is 2.08 bits per heavy atom. The van der Waals surface area contributed by atoms with E-state index in [0.717, 1.165) is 0 Å².